The van der Waals surface area contributed by atoms with E-state index in [1.807, 2.05) is 0 Å². The van der Waals surface area contributed by atoms with E-state index in [2.05, 4.69) is 10.2 Å². The van der Waals surface area contributed by atoms with Gasteiger partial charge in [0.2, 0.25) is 5.88 Å². The Morgan fingerprint density at radius 2 is 1.87 bits per heavy atom. The predicted molar refractivity (Wildman–Crippen MR) is 136 cm³/mol. The number of aromatic hydroxyl groups is 1. The molecule has 5 rings (SSSR count). The van der Waals surface area contributed by atoms with E-state index in [0.717, 1.165) is 17.1 Å². The van der Waals surface area contributed by atoms with Crippen molar-refractivity contribution in [3.8, 4) is 5.88 Å². The molecular weight excluding hydrogens is 543 g/mol. The third-order valence-electron chi connectivity index (χ3n) is 7.05. The van der Waals surface area contributed by atoms with E-state index in [9.17, 15) is 33.0 Å². The van der Waals surface area contributed by atoms with Gasteiger partial charge in [-0.2, -0.15) is 23.4 Å². The molecule has 0 radical (unpaired) electrons. The van der Waals surface area contributed by atoms with Crippen molar-refractivity contribution in [3.63, 3.8) is 0 Å². The third-order valence-corrected chi connectivity index (χ3v) is 8.28. The largest absolute Gasteiger partial charge is 0.493 e. The van der Waals surface area contributed by atoms with Crippen molar-refractivity contribution in [3.05, 3.63) is 83.2 Å². The highest BCUT2D eigenvalue weighted by Crippen LogP contribution is 2.41. The second-order valence-electron chi connectivity index (χ2n) is 9.33. The molecule has 1 saturated carbocycles. The molecule has 7 nitrogen and oxygen atoms in total. The van der Waals surface area contributed by atoms with Crippen LogP contribution < -0.4 is 15.4 Å². The Hall–Kier alpha value is -3.44. The fourth-order valence-corrected chi connectivity index (χ4v) is 6.37. The molecule has 2 aliphatic rings. The van der Waals surface area contributed by atoms with Crippen LogP contribution in [0.25, 0.3) is 5.57 Å². The number of carboxylic acid groups (broad SMARTS) is 1. The van der Waals surface area contributed by atoms with Gasteiger partial charge in [-0.05, 0) is 53.5 Å². The molecule has 198 valence electrons. The average molecular weight is 564 g/mol. The molecule has 0 saturated heterocycles. The van der Waals surface area contributed by atoms with Gasteiger partial charge in [-0.25, -0.2) is 4.79 Å². The summed E-state index contributed by atoms with van der Waals surface area (Å²) in [6.07, 6.45) is -1.27. The number of nitrogens with zero attached hydrogens (tertiary/aromatic N) is 3. The standard InChI is InChI=1S/C26H21ClF3N3O4S/c27-17-6-4-15(19(12-17)26(28,29)30)11-18(14-5-7-20-16(10-14)13-31-32-20)21-22(34)33(24(37)38-21)25(23(35)36)8-2-1-3-9-25/h4-7,10,12-13,34H,1-3,8-9,11H2,(H,35,36). The fraction of sp³-hybridized carbons (Fsp3) is 0.308. The Labute approximate surface area is 222 Å². The van der Waals surface area contributed by atoms with E-state index in [4.69, 9.17) is 11.6 Å². The predicted octanol–water partition coefficient (Wildman–Crippen LogP) is 4.44. The van der Waals surface area contributed by atoms with Crippen molar-refractivity contribution in [2.75, 3.05) is 0 Å². The summed E-state index contributed by atoms with van der Waals surface area (Å²) in [6, 6.07) is 8.35. The van der Waals surface area contributed by atoms with Gasteiger partial charge < -0.3 is 10.2 Å². The normalized spacial score (nSPS) is 17.2. The van der Waals surface area contributed by atoms with Crippen LogP contribution in [0.15, 0.2) is 51.4 Å². The summed E-state index contributed by atoms with van der Waals surface area (Å²) in [5.41, 5.74) is -1.84. The minimum atomic E-state index is -4.70. The molecule has 2 aromatic carbocycles. The van der Waals surface area contributed by atoms with E-state index >= 15 is 0 Å². The van der Waals surface area contributed by atoms with Crippen LogP contribution in [0.1, 0.15) is 53.7 Å². The van der Waals surface area contributed by atoms with Crippen molar-refractivity contribution in [2.24, 2.45) is 10.2 Å². The van der Waals surface area contributed by atoms with Crippen molar-refractivity contribution < 1.29 is 28.2 Å². The van der Waals surface area contributed by atoms with Crippen LogP contribution in [0.2, 0.25) is 5.02 Å². The second kappa shape index (κ2) is 9.70. The highest BCUT2D eigenvalue weighted by atomic mass is 35.5. The Morgan fingerprint density at radius 1 is 1.13 bits per heavy atom. The second-order valence-corrected chi connectivity index (χ2v) is 10.7. The summed E-state index contributed by atoms with van der Waals surface area (Å²) in [7, 11) is 0. The molecule has 1 fully saturated rings. The number of halogens is 4. The monoisotopic (exact) mass is 563 g/mol. The highest BCUT2D eigenvalue weighted by molar-refractivity contribution is 7.10. The quantitative estimate of drug-likeness (QED) is 0.479. The van der Waals surface area contributed by atoms with Gasteiger partial charge in [0.1, 0.15) is 5.54 Å². The fourth-order valence-electron chi connectivity index (χ4n) is 5.17. The molecule has 2 heterocycles. The summed E-state index contributed by atoms with van der Waals surface area (Å²) >= 11 is 6.48. The van der Waals surface area contributed by atoms with Gasteiger partial charge in [-0.15, -0.1) is 0 Å². The number of rotatable bonds is 5. The van der Waals surface area contributed by atoms with E-state index in [1.54, 1.807) is 18.2 Å². The van der Waals surface area contributed by atoms with Crippen LogP contribution in [0, 0.1) is 0 Å². The maximum atomic E-state index is 13.9. The number of hydrogen-bond donors (Lipinski definition) is 2. The molecule has 1 aliphatic heterocycles. The Kier molecular flexibility index (Phi) is 6.68. The zero-order chi connectivity index (χ0) is 27.2. The zero-order valence-electron chi connectivity index (χ0n) is 19.8. The molecular formula is C26H21ClF3N3O4S. The first-order chi connectivity index (χ1) is 18.0. The number of fused-ring (bicyclic) bond motifs is 1. The van der Waals surface area contributed by atoms with Gasteiger partial charge in [-0.1, -0.05) is 54.3 Å². The molecule has 2 N–H and O–H groups in total. The van der Waals surface area contributed by atoms with Gasteiger partial charge in [0.25, 0.3) is 0 Å². The molecule has 1 aromatic heterocycles. The summed E-state index contributed by atoms with van der Waals surface area (Å²) in [6.45, 7) is 0. The van der Waals surface area contributed by atoms with E-state index in [1.165, 1.54) is 18.3 Å². The zero-order valence-corrected chi connectivity index (χ0v) is 21.3. The summed E-state index contributed by atoms with van der Waals surface area (Å²) in [4.78, 5) is 24.9. The number of aromatic nitrogens is 1. The van der Waals surface area contributed by atoms with Crippen LogP contribution in [-0.4, -0.2) is 27.0 Å². The Morgan fingerprint density at radius 3 is 2.55 bits per heavy atom. The van der Waals surface area contributed by atoms with Crippen LogP contribution in [0.5, 0.6) is 5.88 Å². The SMILES string of the molecule is O=C(O)C1(n2c(O)c(C(Cc3ccc(Cl)cc3C(F)(F)F)=c3ccc4c(c3)C=NN=4)sc2=O)CCCCC1. The van der Waals surface area contributed by atoms with E-state index in [-0.39, 0.29) is 40.3 Å². The molecule has 1 aliphatic carbocycles. The number of aliphatic carboxylic acids is 1. The maximum Gasteiger partial charge on any atom is 0.416 e. The first-order valence-corrected chi connectivity index (χ1v) is 13.0. The highest BCUT2D eigenvalue weighted by Gasteiger charge is 2.45. The van der Waals surface area contributed by atoms with Gasteiger partial charge in [0, 0.05) is 17.0 Å². The molecule has 3 aromatic rings. The van der Waals surface area contributed by atoms with Crippen molar-refractivity contribution in [1.29, 1.82) is 0 Å². The molecule has 0 spiro atoms. The lowest BCUT2D eigenvalue weighted by molar-refractivity contribution is -0.150. The summed E-state index contributed by atoms with van der Waals surface area (Å²) in [5, 5.41) is 30.2. The van der Waals surface area contributed by atoms with Crippen LogP contribution in [0.4, 0.5) is 13.2 Å². The van der Waals surface area contributed by atoms with Crippen LogP contribution in [-0.2, 0) is 22.9 Å². The number of carboxylic acids is 1. The van der Waals surface area contributed by atoms with Crippen molar-refractivity contribution in [1.82, 2.24) is 4.57 Å². The topological polar surface area (TPSA) is 104 Å². The molecule has 38 heavy (non-hydrogen) atoms. The minimum Gasteiger partial charge on any atom is -0.493 e. The Balaban J connectivity index is 1.76. The van der Waals surface area contributed by atoms with Crippen LogP contribution >= 0.6 is 22.9 Å². The lowest BCUT2D eigenvalue weighted by Crippen LogP contribution is -2.47. The summed E-state index contributed by atoms with van der Waals surface area (Å²) < 4.78 is 42.7. The van der Waals surface area contributed by atoms with Crippen molar-refractivity contribution >= 4 is 40.7 Å². The molecule has 0 bridgehead atoms. The number of benzene rings is 2. The van der Waals surface area contributed by atoms with Gasteiger partial charge in [-0.3, -0.25) is 9.36 Å². The first kappa shape index (κ1) is 26.2. The number of alkyl halides is 3. The minimum absolute atomic E-state index is 0.0103. The lowest BCUT2D eigenvalue weighted by atomic mass is 9.81. The summed E-state index contributed by atoms with van der Waals surface area (Å²) in [5.74, 6) is -1.80. The molecule has 0 atom stereocenters. The smallest absolute Gasteiger partial charge is 0.416 e. The third kappa shape index (κ3) is 4.54. The first-order valence-electron chi connectivity index (χ1n) is 11.8. The van der Waals surface area contributed by atoms with Gasteiger partial charge in [0.05, 0.1) is 22.0 Å². The molecule has 0 unspecified atom stereocenters. The van der Waals surface area contributed by atoms with Gasteiger partial charge in [0.15, 0.2) is 0 Å². The molecule has 12 heteroatoms. The maximum absolute atomic E-state index is 13.9. The lowest BCUT2D eigenvalue weighted by Gasteiger charge is -2.34. The number of hydrogen-bond acceptors (Lipinski definition) is 6. The Bertz CT molecular complexity index is 1650. The number of thiazole rings is 1. The van der Waals surface area contributed by atoms with Crippen LogP contribution in [0.3, 0.4) is 0 Å². The van der Waals surface area contributed by atoms with Gasteiger partial charge >= 0.3 is 17.0 Å². The van der Waals surface area contributed by atoms with E-state index < -0.39 is 34.0 Å². The van der Waals surface area contributed by atoms with Crippen molar-refractivity contribution in [2.45, 2.75) is 50.2 Å². The molecule has 0 amide bonds. The average Bonchev–Trinajstić information content (AvgIpc) is 3.46. The number of carbonyl (C=O) groups is 1. The van der Waals surface area contributed by atoms with E-state index in [0.29, 0.717) is 40.3 Å².